The molecular weight excluding hydrogens is 208 g/mol. The van der Waals surface area contributed by atoms with Gasteiger partial charge in [0.05, 0.1) is 0 Å². The Kier molecular flexibility index (Phi) is 6.56. The van der Waals surface area contributed by atoms with Gasteiger partial charge in [0.25, 0.3) is 0 Å². The van der Waals surface area contributed by atoms with Crippen LogP contribution in [-0.2, 0) is 12.8 Å². The quantitative estimate of drug-likeness (QED) is 0.664. The van der Waals surface area contributed by atoms with Crippen LogP contribution in [0.25, 0.3) is 0 Å². The van der Waals surface area contributed by atoms with Gasteiger partial charge >= 0.3 is 0 Å². The topological polar surface area (TPSA) is 49.9 Å². The van der Waals surface area contributed by atoms with Gasteiger partial charge in [-0.3, -0.25) is 0 Å². The molecule has 0 fully saturated rings. The summed E-state index contributed by atoms with van der Waals surface area (Å²) in [5, 5.41) is 7.28. The molecule has 1 aromatic carbocycles. The minimum atomic E-state index is 0.464. The Hall–Kier alpha value is -1.15. The van der Waals surface area contributed by atoms with Gasteiger partial charge in [-0.1, -0.05) is 31.2 Å². The minimum absolute atomic E-state index is 0.464. The van der Waals surface area contributed by atoms with Crippen molar-refractivity contribution in [2.45, 2.75) is 39.0 Å². The normalized spacial score (nSPS) is 12.4. The number of hydrogen-bond donors (Lipinski definition) is 2. The molecule has 0 spiro atoms. The Labute approximate surface area is 105 Å². The zero-order valence-electron chi connectivity index (χ0n) is 10.8. The predicted molar refractivity (Wildman–Crippen MR) is 74.7 cm³/mol. The molecule has 1 unspecified atom stereocenters. The molecule has 2 nitrogen and oxygen atoms in total. The van der Waals surface area contributed by atoms with E-state index in [1.807, 2.05) is 0 Å². The lowest BCUT2D eigenvalue weighted by Crippen LogP contribution is -2.03. The van der Waals surface area contributed by atoms with Crippen molar-refractivity contribution in [3.8, 4) is 0 Å². The van der Waals surface area contributed by atoms with E-state index in [1.54, 1.807) is 6.21 Å². The number of benzene rings is 1. The molecule has 0 aromatic heterocycles. The highest BCUT2D eigenvalue weighted by molar-refractivity contribution is 5.56. The van der Waals surface area contributed by atoms with Gasteiger partial charge < -0.3 is 11.1 Å². The summed E-state index contributed by atoms with van der Waals surface area (Å²) in [5.41, 5.74) is 8.24. The van der Waals surface area contributed by atoms with Gasteiger partial charge in [-0.25, -0.2) is 0 Å². The molecule has 0 aliphatic carbocycles. The number of nitrogens with two attached hydrogens (primary N) is 1. The second-order valence-electron chi connectivity index (χ2n) is 4.58. The van der Waals surface area contributed by atoms with Crippen molar-refractivity contribution < 1.29 is 0 Å². The Morgan fingerprint density at radius 3 is 2.24 bits per heavy atom. The second-order valence-corrected chi connectivity index (χ2v) is 4.58. The first kappa shape index (κ1) is 13.9. The van der Waals surface area contributed by atoms with Gasteiger partial charge in [-0.2, -0.15) is 0 Å². The third kappa shape index (κ3) is 5.14. The summed E-state index contributed by atoms with van der Waals surface area (Å²) >= 11 is 0. The van der Waals surface area contributed by atoms with Crippen molar-refractivity contribution in [1.29, 1.82) is 5.41 Å². The summed E-state index contributed by atoms with van der Waals surface area (Å²) < 4.78 is 0. The summed E-state index contributed by atoms with van der Waals surface area (Å²) in [4.78, 5) is 0. The molecule has 0 bridgehead atoms. The van der Waals surface area contributed by atoms with E-state index in [0.717, 1.165) is 32.2 Å². The maximum Gasteiger partial charge on any atom is -0.00168 e. The predicted octanol–water partition coefficient (Wildman–Crippen LogP) is 3.19. The molecule has 0 amide bonds. The Morgan fingerprint density at radius 1 is 1.18 bits per heavy atom. The summed E-state index contributed by atoms with van der Waals surface area (Å²) in [6.45, 7) is 2.87. The Balaban J connectivity index is 2.34. The largest absolute Gasteiger partial charge is 0.330 e. The molecule has 0 saturated carbocycles. The third-order valence-electron chi connectivity index (χ3n) is 3.26. The molecular formula is C15H24N2. The number of aryl methyl sites for hydroxylation is 1. The van der Waals surface area contributed by atoms with Crippen LogP contribution in [0.1, 0.15) is 37.3 Å². The van der Waals surface area contributed by atoms with E-state index < -0.39 is 0 Å². The average molecular weight is 232 g/mol. The highest BCUT2D eigenvalue weighted by Gasteiger charge is 2.02. The van der Waals surface area contributed by atoms with Crippen molar-refractivity contribution in [2.75, 3.05) is 6.54 Å². The molecule has 0 radical (unpaired) electrons. The molecule has 1 rings (SSSR count). The fraction of sp³-hybridized carbons (Fsp3) is 0.533. The van der Waals surface area contributed by atoms with E-state index in [-0.39, 0.29) is 0 Å². The fourth-order valence-electron chi connectivity index (χ4n) is 2.01. The Morgan fingerprint density at radius 2 is 1.76 bits per heavy atom. The van der Waals surface area contributed by atoms with Crippen LogP contribution >= 0.6 is 0 Å². The van der Waals surface area contributed by atoms with E-state index in [1.165, 1.54) is 17.5 Å². The summed E-state index contributed by atoms with van der Waals surface area (Å²) in [6, 6.07) is 8.76. The summed E-state index contributed by atoms with van der Waals surface area (Å²) in [7, 11) is 0. The van der Waals surface area contributed by atoms with Gasteiger partial charge in [-0.15, -0.1) is 0 Å². The van der Waals surface area contributed by atoms with Crippen molar-refractivity contribution >= 4 is 6.21 Å². The van der Waals surface area contributed by atoms with E-state index in [4.69, 9.17) is 11.1 Å². The lowest BCUT2D eigenvalue weighted by molar-refractivity contribution is 0.581. The van der Waals surface area contributed by atoms with Crippen molar-refractivity contribution in [3.05, 3.63) is 35.4 Å². The van der Waals surface area contributed by atoms with Gasteiger partial charge in [-0.05, 0) is 61.9 Å². The molecule has 17 heavy (non-hydrogen) atoms. The average Bonchev–Trinajstić information content (AvgIpc) is 2.37. The zero-order chi connectivity index (χ0) is 12.5. The number of hydrogen-bond acceptors (Lipinski definition) is 2. The minimum Gasteiger partial charge on any atom is -0.330 e. The fourth-order valence-corrected chi connectivity index (χ4v) is 2.01. The molecule has 0 saturated heterocycles. The van der Waals surface area contributed by atoms with Crippen LogP contribution in [0.2, 0.25) is 0 Å². The lowest BCUT2D eigenvalue weighted by atomic mass is 9.98. The molecule has 94 valence electrons. The van der Waals surface area contributed by atoms with Crippen molar-refractivity contribution in [3.63, 3.8) is 0 Å². The maximum atomic E-state index is 7.28. The van der Waals surface area contributed by atoms with Crippen molar-refractivity contribution in [1.82, 2.24) is 0 Å². The van der Waals surface area contributed by atoms with Crippen LogP contribution < -0.4 is 5.73 Å². The first-order valence-electron chi connectivity index (χ1n) is 6.58. The standard InChI is InChI=1S/C15H24N2/c1-2-13(12-17)4-3-5-14-6-8-15(9-7-14)10-11-16/h6-9,12-13,17H,2-5,10-11,16H2,1H3. The maximum absolute atomic E-state index is 7.28. The molecule has 2 heteroatoms. The highest BCUT2D eigenvalue weighted by Crippen LogP contribution is 2.13. The number of nitrogens with one attached hydrogen (secondary N) is 1. The van der Waals surface area contributed by atoms with Crippen LogP contribution in [0.3, 0.4) is 0 Å². The van der Waals surface area contributed by atoms with E-state index in [0.29, 0.717) is 5.92 Å². The SMILES string of the molecule is CCC(C=N)CCCc1ccc(CCN)cc1. The van der Waals surface area contributed by atoms with E-state index in [9.17, 15) is 0 Å². The summed E-state index contributed by atoms with van der Waals surface area (Å²) in [5.74, 6) is 0.464. The van der Waals surface area contributed by atoms with Gasteiger partial charge in [0.2, 0.25) is 0 Å². The molecule has 1 aromatic rings. The zero-order valence-corrected chi connectivity index (χ0v) is 10.8. The molecule has 1 atom stereocenters. The smallest absolute Gasteiger partial charge is 0.00168 e. The van der Waals surface area contributed by atoms with Crippen molar-refractivity contribution in [2.24, 2.45) is 11.7 Å². The molecule has 0 aliphatic heterocycles. The second kappa shape index (κ2) is 8.02. The van der Waals surface area contributed by atoms with Gasteiger partial charge in [0, 0.05) is 0 Å². The van der Waals surface area contributed by atoms with Crippen LogP contribution in [-0.4, -0.2) is 12.8 Å². The lowest BCUT2D eigenvalue weighted by Gasteiger charge is -2.08. The van der Waals surface area contributed by atoms with Crippen LogP contribution in [0.15, 0.2) is 24.3 Å². The summed E-state index contributed by atoms with van der Waals surface area (Å²) in [6.07, 6.45) is 7.05. The molecule has 0 heterocycles. The van der Waals surface area contributed by atoms with Crippen LogP contribution in [0.5, 0.6) is 0 Å². The van der Waals surface area contributed by atoms with Gasteiger partial charge in [0.1, 0.15) is 0 Å². The van der Waals surface area contributed by atoms with E-state index >= 15 is 0 Å². The Bertz CT molecular complexity index is 316. The molecule has 0 aliphatic rings. The monoisotopic (exact) mass is 232 g/mol. The first-order valence-corrected chi connectivity index (χ1v) is 6.58. The highest BCUT2D eigenvalue weighted by atomic mass is 14.5. The third-order valence-corrected chi connectivity index (χ3v) is 3.26. The first-order chi connectivity index (χ1) is 8.30. The number of rotatable bonds is 8. The van der Waals surface area contributed by atoms with Crippen LogP contribution in [0, 0.1) is 11.3 Å². The molecule has 3 N–H and O–H groups in total. The van der Waals surface area contributed by atoms with Gasteiger partial charge in [0.15, 0.2) is 0 Å². The van der Waals surface area contributed by atoms with E-state index in [2.05, 4.69) is 31.2 Å². The van der Waals surface area contributed by atoms with Crippen LogP contribution in [0.4, 0.5) is 0 Å².